The highest BCUT2D eigenvalue weighted by Gasteiger charge is 2.24. The van der Waals surface area contributed by atoms with E-state index in [2.05, 4.69) is 0 Å². The molecule has 0 fully saturated rings. The number of furan rings is 1. The molecule has 2 aromatic rings. The Morgan fingerprint density at radius 1 is 1.39 bits per heavy atom. The molecule has 0 spiro atoms. The highest BCUT2D eigenvalue weighted by atomic mass is 16.5. The van der Waals surface area contributed by atoms with Crippen LogP contribution in [0.25, 0.3) is 0 Å². The molecule has 1 atom stereocenters. The van der Waals surface area contributed by atoms with E-state index in [9.17, 15) is 4.79 Å². The summed E-state index contributed by atoms with van der Waals surface area (Å²) in [6.45, 7) is 0. The molecule has 0 saturated carbocycles. The Morgan fingerprint density at radius 3 is 2.83 bits per heavy atom. The Bertz CT molecular complexity index is 581. The van der Waals surface area contributed by atoms with Gasteiger partial charge in [0.1, 0.15) is 11.7 Å². The molecule has 4 heteroatoms. The number of ketones is 1. The van der Waals surface area contributed by atoms with Gasteiger partial charge in [-0.3, -0.25) is 4.79 Å². The fourth-order valence-electron chi connectivity index (χ4n) is 1.67. The summed E-state index contributed by atoms with van der Waals surface area (Å²) in [6.07, 6.45) is 1.41. The molecule has 0 bridgehead atoms. The lowest BCUT2D eigenvalue weighted by atomic mass is 9.94. The van der Waals surface area contributed by atoms with Crippen molar-refractivity contribution in [1.82, 2.24) is 0 Å². The highest BCUT2D eigenvalue weighted by Crippen LogP contribution is 2.24. The van der Waals surface area contributed by atoms with Gasteiger partial charge in [0.2, 0.25) is 5.78 Å². The van der Waals surface area contributed by atoms with Gasteiger partial charge < -0.3 is 9.15 Å². The number of carbonyl (C=O) groups is 1. The molecule has 1 heterocycles. The van der Waals surface area contributed by atoms with Crippen molar-refractivity contribution in [2.45, 2.75) is 5.92 Å². The molecule has 0 aliphatic heterocycles. The lowest BCUT2D eigenvalue weighted by Crippen LogP contribution is -2.10. The summed E-state index contributed by atoms with van der Waals surface area (Å²) >= 11 is 0. The average molecular weight is 241 g/mol. The number of Topliss-reactive ketones (excluding diaryl/α,β-unsaturated/α-hetero) is 1. The van der Waals surface area contributed by atoms with Gasteiger partial charge in [-0.15, -0.1) is 0 Å². The minimum Gasteiger partial charge on any atom is -0.497 e. The van der Waals surface area contributed by atoms with Crippen molar-refractivity contribution in [3.63, 3.8) is 0 Å². The second-order valence-electron chi connectivity index (χ2n) is 3.68. The van der Waals surface area contributed by atoms with Gasteiger partial charge in [-0.25, -0.2) is 0 Å². The van der Waals surface area contributed by atoms with Crippen molar-refractivity contribution in [1.29, 1.82) is 5.26 Å². The van der Waals surface area contributed by atoms with Gasteiger partial charge in [0.25, 0.3) is 0 Å². The number of rotatable bonds is 4. The summed E-state index contributed by atoms with van der Waals surface area (Å²) in [5.74, 6) is -0.439. The molecule has 0 saturated heterocycles. The summed E-state index contributed by atoms with van der Waals surface area (Å²) < 4.78 is 10.1. The Kier molecular flexibility index (Phi) is 3.44. The van der Waals surface area contributed by atoms with E-state index in [0.29, 0.717) is 11.3 Å². The van der Waals surface area contributed by atoms with E-state index in [1.807, 2.05) is 6.07 Å². The van der Waals surface area contributed by atoms with Crippen molar-refractivity contribution in [2.24, 2.45) is 0 Å². The second kappa shape index (κ2) is 5.19. The van der Waals surface area contributed by atoms with E-state index in [1.165, 1.54) is 13.4 Å². The first kappa shape index (κ1) is 11.9. The maximum atomic E-state index is 12.1. The third-order valence-electron chi connectivity index (χ3n) is 2.58. The number of ether oxygens (including phenoxy) is 1. The third-order valence-corrected chi connectivity index (χ3v) is 2.58. The normalized spacial score (nSPS) is 11.6. The van der Waals surface area contributed by atoms with Crippen molar-refractivity contribution in [3.8, 4) is 11.8 Å². The van der Waals surface area contributed by atoms with Gasteiger partial charge in [-0.1, -0.05) is 12.1 Å². The van der Waals surface area contributed by atoms with Gasteiger partial charge in [0, 0.05) is 0 Å². The van der Waals surface area contributed by atoms with E-state index in [1.54, 1.807) is 36.4 Å². The van der Waals surface area contributed by atoms with Gasteiger partial charge in [-0.2, -0.15) is 5.26 Å². The van der Waals surface area contributed by atoms with E-state index >= 15 is 0 Å². The first-order valence-electron chi connectivity index (χ1n) is 5.37. The lowest BCUT2D eigenvalue weighted by molar-refractivity contribution is 0.0952. The van der Waals surface area contributed by atoms with Gasteiger partial charge in [-0.05, 0) is 29.8 Å². The van der Waals surface area contributed by atoms with Crippen LogP contribution >= 0.6 is 0 Å². The largest absolute Gasteiger partial charge is 0.497 e. The zero-order valence-corrected chi connectivity index (χ0v) is 9.79. The molecule has 18 heavy (non-hydrogen) atoms. The van der Waals surface area contributed by atoms with Gasteiger partial charge in [0.05, 0.1) is 19.4 Å². The maximum Gasteiger partial charge on any atom is 0.219 e. The molecule has 0 aliphatic rings. The van der Waals surface area contributed by atoms with Gasteiger partial charge >= 0.3 is 0 Å². The zero-order valence-electron chi connectivity index (χ0n) is 9.79. The minimum atomic E-state index is -0.883. The minimum absolute atomic E-state index is 0.185. The van der Waals surface area contributed by atoms with Crippen molar-refractivity contribution in [3.05, 3.63) is 54.0 Å². The molecule has 0 N–H and O–H groups in total. The summed E-state index contributed by atoms with van der Waals surface area (Å²) in [7, 11) is 1.54. The third kappa shape index (κ3) is 2.25. The predicted molar refractivity (Wildman–Crippen MR) is 64.4 cm³/mol. The van der Waals surface area contributed by atoms with Crippen molar-refractivity contribution in [2.75, 3.05) is 7.11 Å². The molecule has 4 nitrogen and oxygen atoms in total. The fraction of sp³-hybridized carbons (Fsp3) is 0.143. The molecular formula is C14H11NO3. The molecule has 0 amide bonds. The molecule has 1 aromatic heterocycles. The zero-order chi connectivity index (χ0) is 13.0. The number of nitrogens with zero attached hydrogens (tertiary/aromatic N) is 1. The fourth-order valence-corrected chi connectivity index (χ4v) is 1.67. The molecule has 1 unspecified atom stereocenters. The quantitative estimate of drug-likeness (QED) is 0.772. The molecule has 0 aliphatic carbocycles. The summed E-state index contributed by atoms with van der Waals surface area (Å²) in [5, 5.41) is 9.16. The SMILES string of the molecule is COc1cccc(C(C#N)C(=O)c2ccco2)c1. The second-order valence-corrected chi connectivity index (χ2v) is 3.68. The monoisotopic (exact) mass is 241 g/mol. The lowest BCUT2D eigenvalue weighted by Gasteiger charge is -2.08. The number of nitriles is 1. The Labute approximate surface area is 104 Å². The summed E-state index contributed by atoms with van der Waals surface area (Å²) in [4.78, 5) is 12.1. The maximum absolute atomic E-state index is 12.1. The van der Waals surface area contributed by atoms with Crippen molar-refractivity contribution < 1.29 is 13.9 Å². The van der Waals surface area contributed by atoms with Crippen LogP contribution in [0.15, 0.2) is 47.1 Å². The van der Waals surface area contributed by atoms with Crippen LogP contribution in [0.3, 0.4) is 0 Å². The molecule has 0 radical (unpaired) electrons. The Balaban J connectivity index is 2.34. The predicted octanol–water partition coefficient (Wildman–Crippen LogP) is 2.78. The van der Waals surface area contributed by atoms with E-state index in [-0.39, 0.29) is 11.5 Å². The highest BCUT2D eigenvalue weighted by molar-refractivity contribution is 6.00. The van der Waals surface area contributed by atoms with Crippen LogP contribution < -0.4 is 4.74 Å². The number of hydrogen-bond donors (Lipinski definition) is 0. The van der Waals surface area contributed by atoms with Gasteiger partial charge in [0.15, 0.2) is 5.76 Å². The first-order valence-corrected chi connectivity index (χ1v) is 5.37. The number of carbonyl (C=O) groups excluding carboxylic acids is 1. The van der Waals surface area contributed by atoms with E-state index in [0.717, 1.165) is 0 Å². The van der Waals surface area contributed by atoms with Crippen LogP contribution in [0.5, 0.6) is 5.75 Å². The Hall–Kier alpha value is -2.54. The topological polar surface area (TPSA) is 63.2 Å². The molecule has 1 aromatic carbocycles. The van der Waals surface area contributed by atoms with Crippen LogP contribution in [-0.2, 0) is 0 Å². The van der Waals surface area contributed by atoms with Crippen LogP contribution in [0, 0.1) is 11.3 Å². The smallest absolute Gasteiger partial charge is 0.219 e. The van der Waals surface area contributed by atoms with Crippen LogP contribution in [0.4, 0.5) is 0 Å². The number of methoxy groups -OCH3 is 1. The number of hydrogen-bond acceptors (Lipinski definition) is 4. The van der Waals surface area contributed by atoms with Crippen LogP contribution in [0.2, 0.25) is 0 Å². The number of benzene rings is 1. The Morgan fingerprint density at radius 2 is 2.22 bits per heavy atom. The standard InChI is InChI=1S/C14H11NO3/c1-17-11-5-2-4-10(8-11)12(9-15)14(16)13-6-3-7-18-13/h2-8,12H,1H3. The molecular weight excluding hydrogens is 230 g/mol. The molecule has 90 valence electrons. The summed E-state index contributed by atoms with van der Waals surface area (Å²) in [5.41, 5.74) is 0.596. The van der Waals surface area contributed by atoms with E-state index < -0.39 is 5.92 Å². The van der Waals surface area contributed by atoms with E-state index in [4.69, 9.17) is 14.4 Å². The average Bonchev–Trinajstić information content (AvgIpc) is 2.93. The summed E-state index contributed by atoms with van der Waals surface area (Å²) in [6, 6.07) is 12.1. The van der Waals surface area contributed by atoms with Crippen LogP contribution in [-0.4, -0.2) is 12.9 Å². The molecule has 2 rings (SSSR count). The van der Waals surface area contributed by atoms with Crippen LogP contribution in [0.1, 0.15) is 22.0 Å². The first-order chi connectivity index (χ1) is 8.76. The van der Waals surface area contributed by atoms with Crippen molar-refractivity contribution >= 4 is 5.78 Å².